The average Bonchev–Trinajstić information content (AvgIpc) is 2.94. The first-order valence-electron chi connectivity index (χ1n) is 9.08. The Morgan fingerprint density at radius 3 is 2.24 bits per heavy atom. The number of nitrogens with one attached hydrogen (secondary N) is 2. The van der Waals surface area contributed by atoms with Gasteiger partial charge in [0.05, 0.1) is 0 Å². The van der Waals surface area contributed by atoms with Crippen molar-refractivity contribution < 1.29 is 19.2 Å². The molecule has 1 aliphatic rings. The van der Waals surface area contributed by atoms with Crippen molar-refractivity contribution in [3.05, 3.63) is 64.7 Å². The Balaban J connectivity index is 1.74. The van der Waals surface area contributed by atoms with Gasteiger partial charge in [0.25, 0.3) is 5.91 Å². The first-order chi connectivity index (χ1) is 13.8. The Bertz CT molecular complexity index is 972. The minimum absolute atomic E-state index is 0.0830. The van der Waals surface area contributed by atoms with E-state index in [9.17, 15) is 19.2 Å². The van der Waals surface area contributed by atoms with E-state index in [1.165, 1.54) is 6.92 Å². The van der Waals surface area contributed by atoms with Gasteiger partial charge in [0.15, 0.2) is 5.78 Å². The summed E-state index contributed by atoms with van der Waals surface area (Å²) in [4.78, 5) is 50.1. The van der Waals surface area contributed by atoms with Crippen LogP contribution in [0.4, 0.5) is 10.5 Å². The summed E-state index contributed by atoms with van der Waals surface area (Å²) in [5.74, 6) is -1.10. The van der Waals surface area contributed by atoms with Crippen LogP contribution >= 0.6 is 11.6 Å². The Hall–Kier alpha value is -3.19. The number of ketones is 1. The van der Waals surface area contributed by atoms with Gasteiger partial charge in [-0.05, 0) is 55.3 Å². The number of amides is 4. The summed E-state index contributed by atoms with van der Waals surface area (Å²) in [5, 5.41) is 5.86. The summed E-state index contributed by atoms with van der Waals surface area (Å²) < 4.78 is 0. The number of anilines is 1. The fraction of sp³-hybridized carbons (Fsp3) is 0.238. The van der Waals surface area contributed by atoms with E-state index in [4.69, 9.17) is 11.6 Å². The second-order valence-corrected chi connectivity index (χ2v) is 7.21. The fourth-order valence-electron chi connectivity index (χ4n) is 3.28. The van der Waals surface area contributed by atoms with Gasteiger partial charge in [-0.3, -0.25) is 19.3 Å². The molecule has 1 fully saturated rings. The minimum Gasteiger partial charge on any atom is -0.325 e. The average molecular weight is 414 g/mol. The zero-order valence-corrected chi connectivity index (χ0v) is 16.7. The van der Waals surface area contributed by atoms with Gasteiger partial charge in [-0.25, -0.2) is 4.79 Å². The van der Waals surface area contributed by atoms with Crippen molar-refractivity contribution >= 4 is 40.9 Å². The Labute approximate surface area is 173 Å². The number of hydrogen-bond acceptors (Lipinski definition) is 4. The van der Waals surface area contributed by atoms with Gasteiger partial charge >= 0.3 is 6.03 Å². The SMILES string of the molecule is CC[C@@]1(c2ccc(Cl)cc2)NC(=O)N(CC(=O)Nc2ccc(C(C)=O)cc2)C1=O. The number of benzene rings is 2. The fourth-order valence-corrected chi connectivity index (χ4v) is 3.40. The molecule has 1 aliphatic heterocycles. The molecule has 0 saturated carbocycles. The van der Waals surface area contributed by atoms with Crippen LogP contribution in [-0.4, -0.2) is 35.1 Å². The van der Waals surface area contributed by atoms with E-state index in [0.29, 0.717) is 28.3 Å². The van der Waals surface area contributed by atoms with E-state index in [2.05, 4.69) is 10.6 Å². The van der Waals surface area contributed by atoms with Crippen LogP contribution < -0.4 is 10.6 Å². The van der Waals surface area contributed by atoms with E-state index in [1.54, 1.807) is 55.5 Å². The molecule has 0 aliphatic carbocycles. The maximum Gasteiger partial charge on any atom is 0.325 e. The molecular weight excluding hydrogens is 394 g/mol. The molecule has 7 nitrogen and oxygen atoms in total. The van der Waals surface area contributed by atoms with Crippen LogP contribution in [0.25, 0.3) is 0 Å². The van der Waals surface area contributed by atoms with E-state index in [-0.39, 0.29) is 5.78 Å². The van der Waals surface area contributed by atoms with Crippen molar-refractivity contribution in [2.45, 2.75) is 25.8 Å². The minimum atomic E-state index is -1.23. The predicted octanol–water partition coefficient (Wildman–Crippen LogP) is 3.34. The maximum absolute atomic E-state index is 13.1. The van der Waals surface area contributed by atoms with Crippen LogP contribution in [0.1, 0.15) is 36.2 Å². The standard InChI is InChI=1S/C21H20ClN3O4/c1-3-21(15-6-8-16(22)9-7-15)19(28)25(20(29)24-21)12-18(27)23-17-10-4-14(5-11-17)13(2)26/h4-11H,3,12H2,1-2H3,(H,23,27)(H,24,29)/t21-/m0/s1. The second kappa shape index (κ2) is 8.05. The Morgan fingerprint density at radius 2 is 1.69 bits per heavy atom. The van der Waals surface area contributed by atoms with Crippen molar-refractivity contribution in [3.63, 3.8) is 0 Å². The van der Waals surface area contributed by atoms with Gasteiger partial charge in [-0.2, -0.15) is 0 Å². The number of nitrogens with zero attached hydrogens (tertiary/aromatic N) is 1. The number of imide groups is 1. The highest BCUT2D eigenvalue weighted by Crippen LogP contribution is 2.33. The topological polar surface area (TPSA) is 95.6 Å². The summed E-state index contributed by atoms with van der Waals surface area (Å²) in [6.45, 7) is 2.81. The molecule has 1 saturated heterocycles. The van der Waals surface area contributed by atoms with Crippen LogP contribution in [0.15, 0.2) is 48.5 Å². The molecule has 1 atom stereocenters. The van der Waals surface area contributed by atoms with Crippen LogP contribution in [0, 0.1) is 0 Å². The van der Waals surface area contributed by atoms with Crippen molar-refractivity contribution in [2.75, 3.05) is 11.9 Å². The van der Waals surface area contributed by atoms with Crippen molar-refractivity contribution in [1.29, 1.82) is 0 Å². The molecule has 0 unspecified atom stereocenters. The number of rotatable bonds is 6. The predicted molar refractivity (Wildman–Crippen MR) is 109 cm³/mol. The molecular formula is C21H20ClN3O4. The lowest BCUT2D eigenvalue weighted by Crippen LogP contribution is -2.44. The Kier molecular flexibility index (Phi) is 5.70. The molecule has 0 spiro atoms. The summed E-state index contributed by atoms with van der Waals surface area (Å²) >= 11 is 5.92. The van der Waals surface area contributed by atoms with Gasteiger partial charge in [-0.15, -0.1) is 0 Å². The normalized spacial score (nSPS) is 18.5. The largest absolute Gasteiger partial charge is 0.325 e. The summed E-state index contributed by atoms with van der Waals surface area (Å²) in [7, 11) is 0. The molecule has 2 N–H and O–H groups in total. The van der Waals surface area contributed by atoms with Gasteiger partial charge in [-0.1, -0.05) is 30.7 Å². The first-order valence-corrected chi connectivity index (χ1v) is 9.45. The van der Waals surface area contributed by atoms with Gasteiger partial charge < -0.3 is 10.6 Å². The van der Waals surface area contributed by atoms with Crippen molar-refractivity contribution in [2.24, 2.45) is 0 Å². The number of carbonyl (C=O) groups is 4. The number of halogens is 1. The third-order valence-electron chi connectivity index (χ3n) is 4.92. The van der Waals surface area contributed by atoms with Gasteiger partial charge in [0.1, 0.15) is 12.1 Å². The van der Waals surface area contributed by atoms with E-state index in [0.717, 1.165) is 4.90 Å². The van der Waals surface area contributed by atoms with E-state index >= 15 is 0 Å². The van der Waals surface area contributed by atoms with Crippen LogP contribution in [0.3, 0.4) is 0 Å². The summed E-state index contributed by atoms with van der Waals surface area (Å²) in [6.07, 6.45) is 0.323. The number of Topliss-reactive ketones (excluding diaryl/α,β-unsaturated/α-hetero) is 1. The lowest BCUT2D eigenvalue weighted by atomic mass is 9.87. The number of hydrogen-bond donors (Lipinski definition) is 2. The number of carbonyl (C=O) groups excluding carboxylic acids is 4. The smallest absolute Gasteiger partial charge is 0.325 e. The molecule has 0 aromatic heterocycles. The highest BCUT2D eigenvalue weighted by atomic mass is 35.5. The molecule has 0 radical (unpaired) electrons. The van der Waals surface area contributed by atoms with Gasteiger partial charge in [0, 0.05) is 16.3 Å². The van der Waals surface area contributed by atoms with Crippen molar-refractivity contribution in [1.82, 2.24) is 10.2 Å². The third-order valence-corrected chi connectivity index (χ3v) is 5.17. The van der Waals surface area contributed by atoms with Crippen LogP contribution in [-0.2, 0) is 15.1 Å². The highest BCUT2D eigenvalue weighted by Gasteiger charge is 2.51. The molecule has 4 amide bonds. The summed E-state index contributed by atoms with van der Waals surface area (Å²) in [6, 6.07) is 12.4. The van der Waals surface area contributed by atoms with E-state index < -0.39 is 29.9 Å². The zero-order valence-electron chi connectivity index (χ0n) is 16.0. The van der Waals surface area contributed by atoms with Crippen LogP contribution in [0.5, 0.6) is 0 Å². The van der Waals surface area contributed by atoms with Gasteiger partial charge in [0.2, 0.25) is 5.91 Å². The molecule has 1 heterocycles. The van der Waals surface area contributed by atoms with E-state index in [1.807, 2.05) is 0 Å². The molecule has 8 heteroatoms. The first kappa shape index (κ1) is 20.5. The maximum atomic E-state index is 13.1. The van der Waals surface area contributed by atoms with Crippen LogP contribution in [0.2, 0.25) is 5.02 Å². The molecule has 150 valence electrons. The molecule has 2 aromatic carbocycles. The Morgan fingerprint density at radius 1 is 1.07 bits per heavy atom. The van der Waals surface area contributed by atoms with Crippen molar-refractivity contribution in [3.8, 4) is 0 Å². The molecule has 29 heavy (non-hydrogen) atoms. The highest BCUT2D eigenvalue weighted by molar-refractivity contribution is 6.30. The molecule has 2 aromatic rings. The quantitative estimate of drug-likeness (QED) is 0.560. The zero-order chi connectivity index (χ0) is 21.2. The molecule has 0 bridgehead atoms. The lowest BCUT2D eigenvalue weighted by Gasteiger charge is -2.25. The lowest BCUT2D eigenvalue weighted by molar-refractivity contribution is -0.134. The second-order valence-electron chi connectivity index (χ2n) is 6.77. The molecule has 3 rings (SSSR count). The third kappa shape index (κ3) is 4.00. The summed E-state index contributed by atoms with van der Waals surface area (Å²) in [5.41, 5.74) is 0.357. The number of urea groups is 1. The monoisotopic (exact) mass is 413 g/mol.